The Kier molecular flexibility index (Phi) is 3.58. The Hall–Kier alpha value is -0.810. The molecule has 1 aliphatic heterocycles. The van der Waals surface area contributed by atoms with Crippen LogP contribution in [0.4, 0.5) is 10.3 Å². The van der Waals surface area contributed by atoms with Gasteiger partial charge in [0.15, 0.2) is 6.17 Å². The fourth-order valence-corrected chi connectivity index (χ4v) is 2.43. The van der Waals surface area contributed by atoms with Crippen LogP contribution < -0.4 is 0 Å². The van der Waals surface area contributed by atoms with Crippen molar-refractivity contribution >= 4 is 28.5 Å². The van der Waals surface area contributed by atoms with Crippen molar-refractivity contribution in [2.75, 3.05) is 4.43 Å². The maximum Gasteiger partial charge on any atom is 0.436 e. The van der Waals surface area contributed by atoms with E-state index < -0.39 is 35.5 Å². The Morgan fingerprint density at radius 2 is 2.47 bits per heavy atom. The van der Waals surface area contributed by atoms with E-state index in [0.717, 1.165) is 4.57 Å². The summed E-state index contributed by atoms with van der Waals surface area (Å²) in [6, 6.07) is 0. The smallest absolute Gasteiger partial charge is 0.390 e. The van der Waals surface area contributed by atoms with Crippen LogP contribution in [0.3, 0.4) is 0 Å². The van der Waals surface area contributed by atoms with E-state index in [2.05, 4.69) is 4.98 Å². The maximum absolute atomic E-state index is 13.8. The highest BCUT2D eigenvalue weighted by Gasteiger charge is 2.47. The molecule has 0 amide bonds. The van der Waals surface area contributed by atoms with Gasteiger partial charge in [-0.3, -0.25) is 0 Å². The summed E-state index contributed by atoms with van der Waals surface area (Å²) in [4.78, 5) is 13.4. The van der Waals surface area contributed by atoms with E-state index in [1.807, 2.05) is 22.6 Å². The quantitative estimate of drug-likeness (QED) is 0.375. The van der Waals surface area contributed by atoms with Gasteiger partial charge in [0.05, 0.1) is 6.10 Å². The van der Waals surface area contributed by atoms with E-state index in [0.29, 0.717) is 4.43 Å². The molecule has 94 valence electrons. The molecule has 2 heterocycles. The molecule has 1 aliphatic rings. The van der Waals surface area contributed by atoms with Crippen LogP contribution >= 0.6 is 22.6 Å². The summed E-state index contributed by atoms with van der Waals surface area (Å²) in [6.07, 6.45) is -2.40. The number of ether oxygens (including phenoxy) is 1. The number of nitro groups is 1. The van der Waals surface area contributed by atoms with Crippen molar-refractivity contribution in [2.24, 2.45) is 0 Å². The first kappa shape index (κ1) is 12.6. The SMILES string of the molecule is O=[N+]([O-])c1nccn1C1O[C@H](CI)[C@@H](O)[C@H]1F. The van der Waals surface area contributed by atoms with Crippen molar-refractivity contribution in [3.8, 4) is 0 Å². The first-order chi connectivity index (χ1) is 8.06. The summed E-state index contributed by atoms with van der Waals surface area (Å²) in [7, 11) is 0. The number of aromatic nitrogens is 2. The molecule has 0 aromatic carbocycles. The second kappa shape index (κ2) is 4.82. The molecular formula is C8H9FIN3O4. The van der Waals surface area contributed by atoms with Gasteiger partial charge in [0.2, 0.25) is 6.23 Å². The third-order valence-corrected chi connectivity index (χ3v) is 3.40. The summed E-state index contributed by atoms with van der Waals surface area (Å²) in [6.45, 7) is 0. The molecule has 2 rings (SSSR count). The molecule has 7 nitrogen and oxygen atoms in total. The zero-order chi connectivity index (χ0) is 12.6. The number of nitrogens with zero attached hydrogens (tertiary/aromatic N) is 3. The highest BCUT2D eigenvalue weighted by atomic mass is 127. The summed E-state index contributed by atoms with van der Waals surface area (Å²) >= 11 is 1.95. The van der Waals surface area contributed by atoms with E-state index in [4.69, 9.17) is 4.74 Å². The normalized spacial score (nSPS) is 32.9. The molecule has 0 radical (unpaired) electrons. The number of hydrogen-bond donors (Lipinski definition) is 1. The van der Waals surface area contributed by atoms with Gasteiger partial charge in [0.25, 0.3) is 0 Å². The highest BCUT2D eigenvalue weighted by molar-refractivity contribution is 14.1. The van der Waals surface area contributed by atoms with Crippen molar-refractivity contribution in [1.29, 1.82) is 0 Å². The lowest BCUT2D eigenvalue weighted by Gasteiger charge is -2.11. The van der Waals surface area contributed by atoms with Gasteiger partial charge in [-0.1, -0.05) is 27.6 Å². The fraction of sp³-hybridized carbons (Fsp3) is 0.625. The number of imidazole rings is 1. The second-order valence-electron chi connectivity index (χ2n) is 3.55. The number of aliphatic hydroxyl groups excluding tert-OH is 1. The summed E-state index contributed by atoms with van der Waals surface area (Å²) in [5.74, 6) is -0.501. The number of aliphatic hydroxyl groups is 1. The van der Waals surface area contributed by atoms with Crippen molar-refractivity contribution in [1.82, 2.24) is 9.55 Å². The van der Waals surface area contributed by atoms with Gasteiger partial charge in [-0.25, -0.2) is 4.39 Å². The van der Waals surface area contributed by atoms with Gasteiger partial charge in [0.1, 0.15) is 18.5 Å². The van der Waals surface area contributed by atoms with E-state index >= 15 is 0 Å². The largest absolute Gasteiger partial charge is 0.436 e. The molecule has 9 heteroatoms. The lowest BCUT2D eigenvalue weighted by atomic mass is 10.2. The van der Waals surface area contributed by atoms with Crippen LogP contribution in [0, 0.1) is 10.1 Å². The van der Waals surface area contributed by atoms with Crippen LogP contribution in [0.2, 0.25) is 0 Å². The molecule has 0 bridgehead atoms. The number of rotatable bonds is 3. The van der Waals surface area contributed by atoms with E-state index in [1.165, 1.54) is 12.4 Å². The Bertz CT molecular complexity index is 429. The average molecular weight is 357 g/mol. The van der Waals surface area contributed by atoms with Gasteiger partial charge in [-0.2, -0.15) is 4.57 Å². The van der Waals surface area contributed by atoms with E-state index in [1.54, 1.807) is 0 Å². The predicted molar refractivity (Wildman–Crippen MR) is 62.6 cm³/mol. The van der Waals surface area contributed by atoms with Gasteiger partial charge >= 0.3 is 5.95 Å². The Balaban J connectivity index is 2.29. The molecule has 0 spiro atoms. The van der Waals surface area contributed by atoms with Crippen LogP contribution in [0.5, 0.6) is 0 Å². The minimum Gasteiger partial charge on any atom is -0.390 e. The van der Waals surface area contributed by atoms with E-state index in [-0.39, 0.29) is 0 Å². The van der Waals surface area contributed by atoms with E-state index in [9.17, 15) is 19.6 Å². The summed E-state index contributed by atoms with van der Waals surface area (Å²) in [5.41, 5.74) is 0. The van der Waals surface area contributed by atoms with Crippen LogP contribution in [-0.4, -0.2) is 42.4 Å². The zero-order valence-electron chi connectivity index (χ0n) is 8.44. The third kappa shape index (κ3) is 2.13. The van der Waals surface area contributed by atoms with Crippen LogP contribution in [0.25, 0.3) is 0 Å². The molecule has 1 N–H and O–H groups in total. The molecule has 1 aromatic heterocycles. The topological polar surface area (TPSA) is 90.4 Å². The number of halogens is 2. The van der Waals surface area contributed by atoms with Crippen molar-refractivity contribution in [2.45, 2.75) is 24.6 Å². The molecule has 4 atom stereocenters. The molecule has 1 fully saturated rings. The maximum atomic E-state index is 13.8. The van der Waals surface area contributed by atoms with Crippen LogP contribution in [-0.2, 0) is 4.74 Å². The monoisotopic (exact) mass is 357 g/mol. The van der Waals surface area contributed by atoms with Gasteiger partial charge in [-0.05, 0) is 4.92 Å². The Morgan fingerprint density at radius 3 is 3.00 bits per heavy atom. The standard InChI is InChI=1S/C8H9FIN3O4/c9-5-6(14)4(3-10)17-7(5)12-2-1-11-8(12)13(15)16/h1-2,4-7,14H,3H2/t4-,5-,6-,7?/m1/s1. The molecule has 0 saturated carbocycles. The van der Waals surface area contributed by atoms with Crippen LogP contribution in [0.15, 0.2) is 12.4 Å². The molecule has 1 unspecified atom stereocenters. The second-order valence-corrected chi connectivity index (χ2v) is 4.43. The number of hydrogen-bond acceptors (Lipinski definition) is 5. The molecule has 1 saturated heterocycles. The minimum atomic E-state index is -1.71. The lowest BCUT2D eigenvalue weighted by molar-refractivity contribution is -0.398. The van der Waals surface area contributed by atoms with Crippen molar-refractivity contribution in [3.05, 3.63) is 22.5 Å². The first-order valence-corrected chi connectivity index (χ1v) is 6.29. The van der Waals surface area contributed by atoms with Gasteiger partial charge in [-0.15, -0.1) is 0 Å². The zero-order valence-corrected chi connectivity index (χ0v) is 10.6. The lowest BCUT2D eigenvalue weighted by Crippen LogP contribution is -2.29. The number of alkyl halides is 2. The minimum absolute atomic E-state index is 0.401. The van der Waals surface area contributed by atoms with Crippen molar-refractivity contribution < 1.29 is 19.2 Å². The van der Waals surface area contributed by atoms with Gasteiger partial charge in [0, 0.05) is 4.43 Å². The summed E-state index contributed by atoms with van der Waals surface area (Å²) < 4.78 is 20.4. The molecule has 1 aromatic rings. The fourth-order valence-electron chi connectivity index (χ4n) is 1.70. The molecule has 0 aliphatic carbocycles. The highest BCUT2D eigenvalue weighted by Crippen LogP contribution is 2.34. The Labute approximate surface area is 109 Å². The molecular weight excluding hydrogens is 348 g/mol. The van der Waals surface area contributed by atoms with Crippen molar-refractivity contribution in [3.63, 3.8) is 0 Å². The van der Waals surface area contributed by atoms with Gasteiger partial charge < -0.3 is 20.0 Å². The summed E-state index contributed by atoms with van der Waals surface area (Å²) in [5, 5.41) is 20.2. The Morgan fingerprint density at radius 1 is 1.76 bits per heavy atom. The molecule has 17 heavy (non-hydrogen) atoms. The predicted octanol–water partition coefficient (Wildman–Crippen LogP) is 0.823. The average Bonchev–Trinajstić information content (AvgIpc) is 2.86. The third-order valence-electron chi connectivity index (χ3n) is 2.53. The first-order valence-electron chi connectivity index (χ1n) is 4.77. The van der Waals surface area contributed by atoms with Crippen LogP contribution in [0.1, 0.15) is 6.23 Å².